The van der Waals surface area contributed by atoms with E-state index < -0.39 is 0 Å². The molecule has 0 saturated carbocycles. The maximum atomic E-state index is 5.13. The lowest BCUT2D eigenvalue weighted by Gasteiger charge is -2.02. The van der Waals surface area contributed by atoms with Crippen LogP contribution in [0.1, 0.15) is 0 Å². The van der Waals surface area contributed by atoms with Gasteiger partial charge >= 0.3 is 0 Å². The van der Waals surface area contributed by atoms with Crippen LogP contribution < -0.4 is 4.74 Å². The van der Waals surface area contributed by atoms with Gasteiger partial charge in [-0.25, -0.2) is 4.98 Å². The minimum absolute atomic E-state index is 0.679. The number of rotatable bonds is 2. The first-order chi connectivity index (χ1) is 8.38. The lowest BCUT2D eigenvalue weighted by atomic mass is 10.1. The van der Waals surface area contributed by atoms with Crippen LogP contribution in [0.25, 0.3) is 21.3 Å². The van der Waals surface area contributed by atoms with Crippen molar-refractivity contribution in [3.63, 3.8) is 0 Å². The molecule has 17 heavy (non-hydrogen) atoms. The Morgan fingerprint density at radius 3 is 2.71 bits per heavy atom. The fourth-order valence-corrected chi connectivity index (χ4v) is 2.70. The summed E-state index contributed by atoms with van der Waals surface area (Å²) >= 11 is 1.61. The lowest BCUT2D eigenvalue weighted by Crippen LogP contribution is -1.83. The molecule has 3 heteroatoms. The molecule has 0 bridgehead atoms. The lowest BCUT2D eigenvalue weighted by molar-refractivity contribution is 0.401. The number of methoxy groups -OCH3 is 1. The third-order valence-corrected chi connectivity index (χ3v) is 3.57. The first-order valence-corrected chi connectivity index (χ1v) is 6.24. The van der Waals surface area contributed by atoms with E-state index in [1.165, 1.54) is 10.8 Å². The van der Waals surface area contributed by atoms with Gasteiger partial charge < -0.3 is 4.74 Å². The number of ether oxygens (including phenoxy) is 1. The summed E-state index contributed by atoms with van der Waals surface area (Å²) in [5.74, 6) is 0.679. The molecule has 0 aliphatic carbocycles. The van der Waals surface area contributed by atoms with Gasteiger partial charge in [0.15, 0.2) is 0 Å². The van der Waals surface area contributed by atoms with E-state index in [9.17, 15) is 0 Å². The predicted molar refractivity (Wildman–Crippen MR) is 71.6 cm³/mol. The van der Waals surface area contributed by atoms with Crippen LogP contribution >= 0.6 is 11.3 Å². The topological polar surface area (TPSA) is 22.1 Å². The van der Waals surface area contributed by atoms with Gasteiger partial charge in [-0.05, 0) is 10.8 Å². The summed E-state index contributed by atoms with van der Waals surface area (Å²) in [6, 6.07) is 14.6. The van der Waals surface area contributed by atoms with Crippen molar-refractivity contribution in [3.8, 4) is 16.5 Å². The molecule has 0 fully saturated rings. The van der Waals surface area contributed by atoms with E-state index >= 15 is 0 Å². The number of fused-ring (bicyclic) bond motifs is 1. The summed E-state index contributed by atoms with van der Waals surface area (Å²) in [6.07, 6.45) is 0. The first kappa shape index (κ1) is 10.3. The minimum atomic E-state index is 0.679. The second kappa shape index (κ2) is 4.18. The van der Waals surface area contributed by atoms with E-state index in [-0.39, 0.29) is 0 Å². The Balaban J connectivity index is 2.23. The molecule has 0 aliphatic heterocycles. The Bertz CT molecular complexity index is 655. The van der Waals surface area contributed by atoms with Crippen LogP contribution in [0.2, 0.25) is 0 Å². The molecule has 84 valence electrons. The Hall–Kier alpha value is -1.87. The van der Waals surface area contributed by atoms with Crippen LogP contribution in [-0.2, 0) is 0 Å². The Morgan fingerprint density at radius 2 is 1.88 bits per heavy atom. The van der Waals surface area contributed by atoms with Gasteiger partial charge in [0.1, 0.15) is 5.01 Å². The van der Waals surface area contributed by atoms with Crippen molar-refractivity contribution in [1.29, 1.82) is 0 Å². The quantitative estimate of drug-likeness (QED) is 0.677. The van der Waals surface area contributed by atoms with Gasteiger partial charge in [-0.1, -0.05) is 42.5 Å². The molecule has 3 rings (SSSR count). The van der Waals surface area contributed by atoms with E-state index in [0.29, 0.717) is 5.88 Å². The summed E-state index contributed by atoms with van der Waals surface area (Å²) < 4.78 is 5.13. The number of hydrogen-bond acceptors (Lipinski definition) is 3. The zero-order chi connectivity index (χ0) is 11.7. The number of aromatic nitrogens is 1. The van der Waals surface area contributed by atoms with Gasteiger partial charge in [0.25, 0.3) is 0 Å². The largest absolute Gasteiger partial charge is 0.480 e. The van der Waals surface area contributed by atoms with Gasteiger partial charge in [0.2, 0.25) is 5.88 Å². The second-order valence-electron chi connectivity index (χ2n) is 3.72. The molecule has 0 saturated heterocycles. The van der Waals surface area contributed by atoms with Crippen molar-refractivity contribution in [1.82, 2.24) is 4.98 Å². The van der Waals surface area contributed by atoms with Crippen LogP contribution in [0.5, 0.6) is 5.88 Å². The Labute approximate surface area is 104 Å². The molecule has 1 aromatic heterocycles. The average Bonchev–Trinajstić information content (AvgIpc) is 2.87. The van der Waals surface area contributed by atoms with Gasteiger partial charge in [-0.3, -0.25) is 0 Å². The molecular weight excluding hydrogens is 230 g/mol. The molecule has 0 unspecified atom stereocenters. The average molecular weight is 241 g/mol. The second-order valence-corrected chi connectivity index (χ2v) is 4.58. The van der Waals surface area contributed by atoms with Crippen molar-refractivity contribution in [3.05, 3.63) is 47.8 Å². The van der Waals surface area contributed by atoms with Crippen LogP contribution in [0.15, 0.2) is 47.8 Å². The van der Waals surface area contributed by atoms with Gasteiger partial charge in [-0.2, -0.15) is 0 Å². The van der Waals surface area contributed by atoms with Crippen molar-refractivity contribution in [2.75, 3.05) is 7.11 Å². The summed E-state index contributed by atoms with van der Waals surface area (Å²) in [5, 5.41) is 5.39. The van der Waals surface area contributed by atoms with E-state index in [0.717, 1.165) is 10.6 Å². The predicted octanol–water partition coefficient (Wildman–Crippen LogP) is 3.97. The van der Waals surface area contributed by atoms with Crippen molar-refractivity contribution < 1.29 is 4.74 Å². The summed E-state index contributed by atoms with van der Waals surface area (Å²) in [4.78, 5) is 4.45. The smallest absolute Gasteiger partial charge is 0.224 e. The first-order valence-electron chi connectivity index (χ1n) is 5.36. The standard InChI is InChI=1S/C14H11NOS/c1-16-13-9-17-14(15-13)12-8-4-6-10-5-2-3-7-11(10)12/h2-9H,1H3. The maximum absolute atomic E-state index is 5.13. The Morgan fingerprint density at radius 1 is 1.06 bits per heavy atom. The number of nitrogens with zero attached hydrogens (tertiary/aromatic N) is 1. The number of thiazole rings is 1. The summed E-state index contributed by atoms with van der Waals surface area (Å²) in [6.45, 7) is 0. The zero-order valence-corrected chi connectivity index (χ0v) is 10.2. The molecule has 1 heterocycles. The highest BCUT2D eigenvalue weighted by Gasteiger charge is 2.07. The van der Waals surface area contributed by atoms with Crippen molar-refractivity contribution >= 4 is 22.1 Å². The fraction of sp³-hybridized carbons (Fsp3) is 0.0714. The van der Waals surface area contributed by atoms with E-state index in [2.05, 4.69) is 47.4 Å². The minimum Gasteiger partial charge on any atom is -0.480 e. The number of hydrogen-bond donors (Lipinski definition) is 0. The van der Waals surface area contributed by atoms with Gasteiger partial charge in [0.05, 0.1) is 12.5 Å². The highest BCUT2D eigenvalue weighted by atomic mass is 32.1. The molecule has 3 aromatic rings. The molecule has 0 amide bonds. The highest BCUT2D eigenvalue weighted by molar-refractivity contribution is 7.13. The third kappa shape index (κ3) is 1.78. The highest BCUT2D eigenvalue weighted by Crippen LogP contribution is 2.32. The SMILES string of the molecule is COc1csc(-c2cccc3ccccc23)n1. The molecule has 0 N–H and O–H groups in total. The van der Waals surface area contributed by atoms with E-state index in [1.807, 2.05) is 5.38 Å². The van der Waals surface area contributed by atoms with Gasteiger partial charge in [-0.15, -0.1) is 11.3 Å². The van der Waals surface area contributed by atoms with E-state index in [4.69, 9.17) is 4.74 Å². The fourth-order valence-electron chi connectivity index (χ4n) is 1.89. The monoisotopic (exact) mass is 241 g/mol. The number of benzene rings is 2. The van der Waals surface area contributed by atoms with Crippen molar-refractivity contribution in [2.45, 2.75) is 0 Å². The summed E-state index contributed by atoms with van der Waals surface area (Å²) in [5.41, 5.74) is 1.16. The van der Waals surface area contributed by atoms with Crippen LogP contribution in [0, 0.1) is 0 Å². The molecule has 0 spiro atoms. The molecule has 0 aliphatic rings. The maximum Gasteiger partial charge on any atom is 0.224 e. The molecule has 2 nitrogen and oxygen atoms in total. The summed E-state index contributed by atoms with van der Waals surface area (Å²) in [7, 11) is 1.64. The van der Waals surface area contributed by atoms with Gasteiger partial charge in [0, 0.05) is 5.56 Å². The normalized spacial score (nSPS) is 10.6. The van der Waals surface area contributed by atoms with Crippen molar-refractivity contribution in [2.24, 2.45) is 0 Å². The molecule has 0 atom stereocenters. The van der Waals surface area contributed by atoms with Crippen LogP contribution in [-0.4, -0.2) is 12.1 Å². The van der Waals surface area contributed by atoms with Crippen LogP contribution in [0.4, 0.5) is 0 Å². The molecule has 2 aromatic carbocycles. The zero-order valence-electron chi connectivity index (χ0n) is 9.38. The molecular formula is C14H11NOS. The van der Waals surface area contributed by atoms with E-state index in [1.54, 1.807) is 18.4 Å². The van der Waals surface area contributed by atoms with Crippen LogP contribution in [0.3, 0.4) is 0 Å². The molecule has 0 radical (unpaired) electrons. The third-order valence-electron chi connectivity index (χ3n) is 2.71. The Kier molecular flexibility index (Phi) is 2.53.